The van der Waals surface area contributed by atoms with Crippen LogP contribution in [0.1, 0.15) is 26.2 Å². The van der Waals surface area contributed by atoms with Gasteiger partial charge in [-0.15, -0.1) is 0 Å². The topological polar surface area (TPSA) is 29.5 Å². The highest BCUT2D eigenvalue weighted by atomic mass is 16.5. The minimum Gasteiger partial charge on any atom is -0.441 e. The molecule has 1 N–H and O–H groups in total. The summed E-state index contributed by atoms with van der Waals surface area (Å²) >= 11 is 0. The van der Waals surface area contributed by atoms with Gasteiger partial charge in [0.1, 0.15) is 12.2 Å². The van der Waals surface area contributed by atoms with E-state index in [0.29, 0.717) is 6.42 Å². The Morgan fingerprint density at radius 2 is 2.50 bits per heavy atom. The van der Waals surface area contributed by atoms with Gasteiger partial charge in [-0.05, 0) is 26.2 Å². The summed E-state index contributed by atoms with van der Waals surface area (Å²) in [6.07, 6.45) is 11.1. The molecule has 0 aromatic heterocycles. The molecule has 0 amide bonds. The van der Waals surface area contributed by atoms with Crippen molar-refractivity contribution in [2.24, 2.45) is 0 Å². The van der Waals surface area contributed by atoms with Gasteiger partial charge in [0.05, 0.1) is 6.10 Å². The predicted molar refractivity (Wildman–Crippen MR) is 47.3 cm³/mol. The van der Waals surface area contributed by atoms with Gasteiger partial charge in [-0.1, -0.05) is 18.1 Å². The van der Waals surface area contributed by atoms with Gasteiger partial charge in [-0.3, -0.25) is 0 Å². The van der Waals surface area contributed by atoms with Crippen LogP contribution in [-0.2, 0) is 4.74 Å². The van der Waals surface area contributed by atoms with Gasteiger partial charge >= 0.3 is 0 Å². The van der Waals surface area contributed by atoms with Gasteiger partial charge in [0.2, 0.25) is 0 Å². The molecule has 2 unspecified atom stereocenters. The van der Waals surface area contributed by atoms with Crippen LogP contribution in [0.5, 0.6) is 0 Å². The van der Waals surface area contributed by atoms with Crippen LogP contribution < -0.4 is 0 Å². The molecule has 0 heterocycles. The molecule has 0 spiro atoms. The number of aliphatic hydroxyl groups excluding tert-OH is 1. The molecule has 0 aliphatic heterocycles. The molecule has 2 atom stereocenters. The second kappa shape index (κ2) is 4.18. The van der Waals surface area contributed by atoms with Crippen molar-refractivity contribution < 1.29 is 9.84 Å². The third-order valence-corrected chi connectivity index (χ3v) is 2.28. The Balaban J connectivity index is 2.49. The maximum atomic E-state index is 9.54. The van der Waals surface area contributed by atoms with Crippen LogP contribution in [-0.4, -0.2) is 17.3 Å². The van der Waals surface area contributed by atoms with E-state index < -0.39 is 6.10 Å². The van der Waals surface area contributed by atoms with Crippen molar-refractivity contribution >= 4 is 0 Å². The average Bonchev–Trinajstić information content (AvgIpc) is 2.09. The first-order valence-corrected chi connectivity index (χ1v) is 4.21. The third-order valence-electron chi connectivity index (χ3n) is 2.28. The molecule has 1 fully saturated rings. The zero-order chi connectivity index (χ0) is 8.97. The van der Waals surface area contributed by atoms with Gasteiger partial charge in [0.25, 0.3) is 0 Å². The zero-order valence-electron chi connectivity index (χ0n) is 7.29. The highest BCUT2D eigenvalue weighted by Gasteiger charge is 2.26. The van der Waals surface area contributed by atoms with E-state index in [9.17, 15) is 5.11 Å². The monoisotopic (exact) mass is 166 g/mol. The lowest BCUT2D eigenvalue weighted by atomic mass is 9.90. The van der Waals surface area contributed by atoms with Crippen LogP contribution in [0.2, 0.25) is 0 Å². The quantitative estimate of drug-likeness (QED) is 0.472. The van der Waals surface area contributed by atoms with Gasteiger partial charge in [-0.25, -0.2) is 0 Å². The molecule has 12 heavy (non-hydrogen) atoms. The number of allylic oxidation sites excluding steroid dienone is 1. The number of ether oxygens (including phenoxy) is 1. The van der Waals surface area contributed by atoms with Gasteiger partial charge in [0, 0.05) is 0 Å². The van der Waals surface area contributed by atoms with Crippen molar-refractivity contribution in [3.05, 3.63) is 11.6 Å². The Bertz CT molecular complexity index is 212. The van der Waals surface area contributed by atoms with E-state index in [0.717, 1.165) is 12.8 Å². The lowest BCUT2D eigenvalue weighted by Gasteiger charge is -2.27. The molecule has 2 heteroatoms. The second-order valence-electron chi connectivity index (χ2n) is 3.03. The summed E-state index contributed by atoms with van der Waals surface area (Å²) in [7, 11) is 0. The van der Waals surface area contributed by atoms with Crippen molar-refractivity contribution in [3.8, 4) is 12.5 Å². The number of aliphatic hydroxyl groups is 1. The summed E-state index contributed by atoms with van der Waals surface area (Å²) in [6, 6.07) is 0. The van der Waals surface area contributed by atoms with Crippen molar-refractivity contribution in [2.45, 2.75) is 38.4 Å². The Morgan fingerprint density at radius 1 is 1.75 bits per heavy atom. The van der Waals surface area contributed by atoms with E-state index in [-0.39, 0.29) is 6.10 Å². The Kier molecular flexibility index (Phi) is 3.19. The molecule has 0 aromatic rings. The van der Waals surface area contributed by atoms with Crippen LogP contribution in [0.3, 0.4) is 0 Å². The maximum absolute atomic E-state index is 9.54. The Morgan fingerprint density at radius 3 is 3.00 bits per heavy atom. The summed E-state index contributed by atoms with van der Waals surface area (Å²) in [4.78, 5) is 0. The summed E-state index contributed by atoms with van der Waals surface area (Å²) in [5.41, 5.74) is 1.29. The van der Waals surface area contributed by atoms with E-state index in [2.05, 4.69) is 12.2 Å². The molecular weight excluding hydrogens is 152 g/mol. The summed E-state index contributed by atoms with van der Waals surface area (Å²) in [5, 5.41) is 9.54. The Hall–Kier alpha value is -0.940. The van der Waals surface area contributed by atoms with Gasteiger partial charge < -0.3 is 9.84 Å². The highest BCUT2D eigenvalue weighted by Crippen LogP contribution is 2.25. The highest BCUT2D eigenvalue weighted by molar-refractivity contribution is 5.07. The number of terminal acetylenes is 1. The normalized spacial score (nSPS) is 32.9. The maximum Gasteiger partial charge on any atom is 0.137 e. The minimum absolute atomic E-state index is 0.168. The lowest BCUT2D eigenvalue weighted by molar-refractivity contribution is 0.00366. The van der Waals surface area contributed by atoms with Crippen LogP contribution in [0.15, 0.2) is 11.6 Å². The Labute approximate surface area is 73.2 Å². The second-order valence-corrected chi connectivity index (χ2v) is 3.03. The average molecular weight is 166 g/mol. The first kappa shape index (κ1) is 9.15. The van der Waals surface area contributed by atoms with E-state index >= 15 is 0 Å². The number of hydrogen-bond acceptors (Lipinski definition) is 2. The number of hydrogen-bond donors (Lipinski definition) is 1. The molecule has 1 aliphatic rings. The lowest BCUT2D eigenvalue weighted by Crippen LogP contribution is -2.31. The first-order chi connectivity index (χ1) is 5.77. The molecule has 1 rings (SSSR count). The first-order valence-electron chi connectivity index (χ1n) is 4.21. The SMILES string of the molecule is C#COC1CC/C(=C/C)CC1O. The van der Waals surface area contributed by atoms with Crippen molar-refractivity contribution in [2.75, 3.05) is 0 Å². The van der Waals surface area contributed by atoms with Gasteiger partial charge in [0.15, 0.2) is 0 Å². The molecule has 2 nitrogen and oxygen atoms in total. The fourth-order valence-corrected chi connectivity index (χ4v) is 1.51. The van der Waals surface area contributed by atoms with E-state index in [1.165, 1.54) is 5.57 Å². The van der Waals surface area contributed by atoms with Crippen LogP contribution in [0.4, 0.5) is 0 Å². The van der Waals surface area contributed by atoms with Crippen molar-refractivity contribution in [1.29, 1.82) is 0 Å². The fraction of sp³-hybridized carbons (Fsp3) is 0.600. The standard InChI is InChI=1S/C10H14O2/c1-3-8-5-6-10(12-4-2)9(11)7-8/h2-3,9-11H,5-7H2,1H3/b8-3-. The predicted octanol–water partition coefficient (Wildman–Crippen LogP) is 1.45. The summed E-state index contributed by atoms with van der Waals surface area (Å²) in [5.74, 6) is 0. The molecule has 0 radical (unpaired) electrons. The molecule has 1 aliphatic carbocycles. The molecule has 0 aromatic carbocycles. The molecule has 0 saturated heterocycles. The smallest absolute Gasteiger partial charge is 0.137 e. The summed E-state index contributed by atoms with van der Waals surface area (Å²) in [6.45, 7) is 1.99. The van der Waals surface area contributed by atoms with Crippen molar-refractivity contribution in [1.82, 2.24) is 0 Å². The fourth-order valence-electron chi connectivity index (χ4n) is 1.51. The van der Waals surface area contributed by atoms with Crippen molar-refractivity contribution in [3.63, 3.8) is 0 Å². The van der Waals surface area contributed by atoms with Crippen LogP contribution >= 0.6 is 0 Å². The molecular formula is C10H14O2. The van der Waals surface area contributed by atoms with E-state index in [1.807, 2.05) is 6.92 Å². The molecule has 0 bridgehead atoms. The third kappa shape index (κ3) is 2.02. The van der Waals surface area contributed by atoms with Crippen LogP contribution in [0, 0.1) is 12.5 Å². The molecule has 66 valence electrons. The number of rotatable bonds is 1. The van der Waals surface area contributed by atoms with Crippen LogP contribution in [0.25, 0.3) is 0 Å². The largest absolute Gasteiger partial charge is 0.441 e. The zero-order valence-corrected chi connectivity index (χ0v) is 7.29. The summed E-state index contributed by atoms with van der Waals surface area (Å²) < 4.78 is 4.94. The van der Waals surface area contributed by atoms with Gasteiger partial charge in [-0.2, -0.15) is 0 Å². The molecule has 1 saturated carbocycles. The van der Waals surface area contributed by atoms with E-state index in [4.69, 9.17) is 11.2 Å². The minimum atomic E-state index is -0.430. The van der Waals surface area contributed by atoms with E-state index in [1.54, 1.807) is 0 Å².